The van der Waals surface area contributed by atoms with E-state index in [-0.39, 0.29) is 17.3 Å². The summed E-state index contributed by atoms with van der Waals surface area (Å²) in [6, 6.07) is 10.1. The van der Waals surface area contributed by atoms with Crippen molar-refractivity contribution >= 4 is 27.5 Å². The van der Waals surface area contributed by atoms with Crippen LogP contribution in [0.3, 0.4) is 0 Å². The Morgan fingerprint density at radius 3 is 2.13 bits per heavy atom. The third kappa shape index (κ3) is 5.46. The number of anilines is 1. The summed E-state index contributed by atoms with van der Waals surface area (Å²) in [6.45, 7) is 9.64. The van der Waals surface area contributed by atoms with Gasteiger partial charge in [-0.2, -0.15) is 4.31 Å². The molecule has 0 saturated carbocycles. The van der Waals surface area contributed by atoms with Gasteiger partial charge < -0.3 is 10.6 Å². The quantitative estimate of drug-likeness (QED) is 0.672. The zero-order valence-electron chi connectivity index (χ0n) is 18.1. The number of carbonyl (C=O) groups is 2. The minimum atomic E-state index is -3.65. The highest BCUT2D eigenvalue weighted by molar-refractivity contribution is 7.89. The molecule has 7 nitrogen and oxygen atoms in total. The number of nitrogens with zero attached hydrogens (tertiary/aromatic N) is 1. The van der Waals surface area contributed by atoms with Crippen molar-refractivity contribution < 1.29 is 18.0 Å². The highest BCUT2D eigenvalue weighted by atomic mass is 32.2. The number of aryl methyl sites for hydroxylation is 3. The van der Waals surface area contributed by atoms with E-state index in [0.717, 1.165) is 11.1 Å². The molecule has 2 rings (SSSR count). The summed E-state index contributed by atoms with van der Waals surface area (Å²) in [5.41, 5.74) is 3.52. The predicted molar refractivity (Wildman–Crippen MR) is 118 cm³/mol. The van der Waals surface area contributed by atoms with Crippen molar-refractivity contribution in [1.29, 1.82) is 0 Å². The molecule has 162 valence electrons. The van der Waals surface area contributed by atoms with Gasteiger partial charge in [-0.1, -0.05) is 26.0 Å². The average molecular weight is 432 g/mol. The van der Waals surface area contributed by atoms with Gasteiger partial charge in [-0.25, -0.2) is 8.42 Å². The van der Waals surface area contributed by atoms with E-state index in [9.17, 15) is 18.0 Å². The summed E-state index contributed by atoms with van der Waals surface area (Å²) in [5.74, 6) is -0.788. The number of hydrogen-bond acceptors (Lipinski definition) is 4. The molecule has 0 fully saturated rings. The monoisotopic (exact) mass is 431 g/mol. The van der Waals surface area contributed by atoms with Crippen LogP contribution in [0.1, 0.15) is 40.9 Å². The summed E-state index contributed by atoms with van der Waals surface area (Å²) >= 11 is 0. The molecule has 0 bridgehead atoms. The number of benzene rings is 2. The van der Waals surface area contributed by atoms with Gasteiger partial charge in [0.2, 0.25) is 15.9 Å². The van der Waals surface area contributed by atoms with Crippen LogP contribution in [0.2, 0.25) is 0 Å². The van der Waals surface area contributed by atoms with E-state index >= 15 is 0 Å². The zero-order valence-corrected chi connectivity index (χ0v) is 18.9. The maximum atomic E-state index is 12.8. The molecule has 2 aromatic carbocycles. The van der Waals surface area contributed by atoms with Gasteiger partial charge in [-0.05, 0) is 61.7 Å². The first-order chi connectivity index (χ1) is 14.1. The third-order valence-electron chi connectivity index (χ3n) is 4.97. The summed E-state index contributed by atoms with van der Waals surface area (Å²) in [5, 5.41) is 5.23. The Balaban J connectivity index is 2.08. The molecule has 2 amide bonds. The topological polar surface area (TPSA) is 95.6 Å². The van der Waals surface area contributed by atoms with Crippen molar-refractivity contribution in [3.05, 3.63) is 58.7 Å². The Bertz CT molecular complexity index is 1040. The number of carbonyl (C=O) groups excluding carboxylic acids is 2. The smallest absolute Gasteiger partial charge is 0.251 e. The molecule has 0 heterocycles. The Labute approximate surface area is 178 Å². The average Bonchev–Trinajstić information content (AvgIpc) is 2.70. The van der Waals surface area contributed by atoms with Crippen LogP contribution in [0, 0.1) is 20.8 Å². The number of sulfonamides is 1. The van der Waals surface area contributed by atoms with Crippen molar-refractivity contribution in [2.45, 2.75) is 39.5 Å². The van der Waals surface area contributed by atoms with E-state index < -0.39 is 15.9 Å². The van der Waals surface area contributed by atoms with Crippen LogP contribution in [0.5, 0.6) is 0 Å². The normalized spacial score (nSPS) is 11.4. The number of hydrogen-bond donors (Lipinski definition) is 2. The molecule has 2 aromatic rings. The van der Waals surface area contributed by atoms with Gasteiger partial charge in [0.25, 0.3) is 5.91 Å². The van der Waals surface area contributed by atoms with Crippen molar-refractivity contribution in [3.63, 3.8) is 0 Å². The third-order valence-corrected chi connectivity index (χ3v) is 7.17. The second-order valence-corrected chi connectivity index (χ2v) is 9.01. The van der Waals surface area contributed by atoms with E-state index in [1.807, 2.05) is 19.9 Å². The lowest BCUT2D eigenvalue weighted by molar-refractivity contribution is -0.115. The Morgan fingerprint density at radius 2 is 1.53 bits per heavy atom. The van der Waals surface area contributed by atoms with Gasteiger partial charge in [0.05, 0.1) is 11.4 Å². The summed E-state index contributed by atoms with van der Waals surface area (Å²) in [4.78, 5) is 24.7. The van der Waals surface area contributed by atoms with E-state index in [4.69, 9.17) is 0 Å². The Kier molecular flexibility index (Phi) is 7.75. The first-order valence-electron chi connectivity index (χ1n) is 9.86. The van der Waals surface area contributed by atoms with Crippen LogP contribution in [-0.2, 0) is 14.8 Å². The lowest BCUT2D eigenvalue weighted by Crippen LogP contribution is -2.33. The molecule has 0 spiro atoms. The van der Waals surface area contributed by atoms with Crippen LogP contribution in [0.4, 0.5) is 5.69 Å². The number of rotatable bonds is 8. The van der Waals surface area contributed by atoms with Crippen molar-refractivity contribution in [1.82, 2.24) is 9.62 Å². The molecule has 0 aliphatic heterocycles. The van der Waals surface area contributed by atoms with Gasteiger partial charge in [0.15, 0.2) is 0 Å². The second-order valence-electron chi connectivity index (χ2n) is 7.10. The van der Waals surface area contributed by atoms with Gasteiger partial charge >= 0.3 is 0 Å². The van der Waals surface area contributed by atoms with Gasteiger partial charge in [-0.15, -0.1) is 0 Å². The maximum absolute atomic E-state index is 12.8. The van der Waals surface area contributed by atoms with Crippen LogP contribution >= 0.6 is 0 Å². The van der Waals surface area contributed by atoms with Crippen molar-refractivity contribution in [2.24, 2.45) is 0 Å². The van der Waals surface area contributed by atoms with E-state index in [1.165, 1.54) is 10.4 Å². The Hall–Kier alpha value is -2.71. The molecule has 0 aliphatic rings. The molecule has 0 aromatic heterocycles. The predicted octanol–water partition coefficient (Wildman–Crippen LogP) is 3.01. The summed E-state index contributed by atoms with van der Waals surface area (Å²) in [6.07, 6.45) is 0. The van der Waals surface area contributed by atoms with Crippen LogP contribution in [-0.4, -0.2) is 44.2 Å². The highest BCUT2D eigenvalue weighted by Crippen LogP contribution is 2.23. The van der Waals surface area contributed by atoms with Gasteiger partial charge in [0, 0.05) is 24.3 Å². The molecule has 0 radical (unpaired) electrons. The van der Waals surface area contributed by atoms with Crippen molar-refractivity contribution in [3.8, 4) is 0 Å². The molecular formula is C22H29N3O4S. The van der Waals surface area contributed by atoms with Crippen LogP contribution in [0.15, 0.2) is 41.3 Å². The van der Waals surface area contributed by atoms with Crippen LogP contribution < -0.4 is 10.6 Å². The van der Waals surface area contributed by atoms with E-state index in [2.05, 4.69) is 10.6 Å². The maximum Gasteiger partial charge on any atom is 0.251 e. The van der Waals surface area contributed by atoms with Gasteiger partial charge in [-0.3, -0.25) is 9.59 Å². The molecule has 8 heteroatoms. The fraction of sp³-hybridized carbons (Fsp3) is 0.364. The first-order valence-corrected chi connectivity index (χ1v) is 11.3. The lowest BCUT2D eigenvalue weighted by atomic mass is 10.1. The van der Waals surface area contributed by atoms with Gasteiger partial charge in [0.1, 0.15) is 0 Å². The molecule has 30 heavy (non-hydrogen) atoms. The summed E-state index contributed by atoms with van der Waals surface area (Å²) in [7, 11) is -3.65. The molecular weight excluding hydrogens is 402 g/mol. The lowest BCUT2D eigenvalue weighted by Gasteiger charge is -2.20. The van der Waals surface area contributed by atoms with E-state index in [1.54, 1.807) is 45.0 Å². The minimum absolute atomic E-state index is 0.156. The summed E-state index contributed by atoms with van der Waals surface area (Å²) < 4.78 is 27.0. The zero-order chi connectivity index (χ0) is 22.5. The standard InChI is InChI=1S/C22H29N3O4S/c1-6-25(7-2)30(28,29)20-13-19(11-9-16(20)4)24-21(26)14-23-22(27)18-10-8-15(3)17(5)12-18/h8-13H,6-7,14H2,1-5H3,(H,23,27)(H,24,26). The molecule has 0 aliphatic carbocycles. The Morgan fingerprint density at radius 1 is 0.900 bits per heavy atom. The fourth-order valence-electron chi connectivity index (χ4n) is 3.01. The largest absolute Gasteiger partial charge is 0.343 e. The minimum Gasteiger partial charge on any atom is -0.343 e. The second kappa shape index (κ2) is 9.86. The van der Waals surface area contributed by atoms with Crippen LogP contribution in [0.25, 0.3) is 0 Å². The SMILES string of the molecule is CCN(CC)S(=O)(=O)c1cc(NC(=O)CNC(=O)c2ccc(C)c(C)c2)ccc1C. The number of amides is 2. The first kappa shape index (κ1) is 23.6. The van der Waals surface area contributed by atoms with E-state index in [0.29, 0.717) is 29.9 Å². The number of nitrogens with one attached hydrogen (secondary N) is 2. The molecule has 0 saturated heterocycles. The van der Waals surface area contributed by atoms with Crippen molar-refractivity contribution in [2.75, 3.05) is 25.0 Å². The molecule has 0 unspecified atom stereocenters. The highest BCUT2D eigenvalue weighted by Gasteiger charge is 2.24. The molecule has 2 N–H and O–H groups in total. The fourth-order valence-corrected chi connectivity index (χ4v) is 4.72. The molecule has 0 atom stereocenters.